The summed E-state index contributed by atoms with van der Waals surface area (Å²) in [7, 11) is 1.35. The van der Waals surface area contributed by atoms with Crippen LogP contribution in [0.2, 0.25) is 0 Å². The Kier molecular flexibility index (Phi) is 5.49. The Morgan fingerprint density at radius 1 is 1.17 bits per heavy atom. The first-order valence-electron chi connectivity index (χ1n) is 9.05. The van der Waals surface area contributed by atoms with Gasteiger partial charge >= 0.3 is 11.7 Å². The van der Waals surface area contributed by atoms with Gasteiger partial charge in [0, 0.05) is 11.7 Å². The van der Waals surface area contributed by atoms with Crippen LogP contribution in [-0.4, -0.2) is 39.0 Å². The van der Waals surface area contributed by atoms with Crippen molar-refractivity contribution >= 4 is 11.7 Å². The van der Waals surface area contributed by atoms with Gasteiger partial charge in [0.1, 0.15) is 11.4 Å². The van der Waals surface area contributed by atoms with Gasteiger partial charge in [0.25, 0.3) is 0 Å². The average molecular weight is 399 g/mol. The fraction of sp³-hybridized carbons (Fsp3) is 0.300. The SMILES string of the molecule is COc1cccc(F)c1-n1nnn(C(=O)N(c2cc(C)ccc2C)C(C)C)c1=O. The number of aryl methyl sites for hydroxylation is 2. The molecule has 0 fully saturated rings. The molecule has 0 N–H and O–H groups in total. The van der Waals surface area contributed by atoms with Gasteiger partial charge in [-0.1, -0.05) is 18.2 Å². The predicted octanol–water partition coefficient (Wildman–Crippen LogP) is 3.08. The molecule has 0 bridgehead atoms. The highest BCUT2D eigenvalue weighted by Crippen LogP contribution is 2.25. The highest BCUT2D eigenvalue weighted by atomic mass is 19.1. The lowest BCUT2D eigenvalue weighted by Crippen LogP contribution is -2.45. The average Bonchev–Trinajstić information content (AvgIpc) is 3.05. The number of tetrazole rings is 1. The fourth-order valence-corrected chi connectivity index (χ4v) is 3.06. The molecule has 0 spiro atoms. The lowest BCUT2D eigenvalue weighted by atomic mass is 10.1. The van der Waals surface area contributed by atoms with E-state index in [9.17, 15) is 14.0 Å². The number of para-hydroxylation sites is 1. The van der Waals surface area contributed by atoms with Crippen molar-refractivity contribution in [2.24, 2.45) is 0 Å². The molecule has 0 radical (unpaired) electrons. The lowest BCUT2D eigenvalue weighted by molar-refractivity contribution is 0.242. The normalized spacial score (nSPS) is 11.0. The molecule has 0 saturated carbocycles. The Morgan fingerprint density at radius 3 is 2.55 bits per heavy atom. The first kappa shape index (κ1) is 20.2. The number of methoxy groups -OCH3 is 1. The molecule has 0 atom stereocenters. The van der Waals surface area contributed by atoms with Gasteiger partial charge in [-0.25, -0.2) is 14.0 Å². The number of anilines is 1. The standard InChI is InChI=1S/C20H22FN5O3/c1-12(2)24(16-11-13(3)9-10-14(16)4)19(27)26-20(28)25(22-23-26)18-15(21)7-6-8-17(18)29-5/h6-12H,1-5H3. The van der Waals surface area contributed by atoms with E-state index in [0.29, 0.717) is 15.1 Å². The summed E-state index contributed by atoms with van der Waals surface area (Å²) in [6.45, 7) is 7.45. The van der Waals surface area contributed by atoms with Crippen molar-refractivity contribution in [1.29, 1.82) is 0 Å². The Bertz CT molecular complexity index is 1120. The number of hydrogen-bond donors (Lipinski definition) is 0. The van der Waals surface area contributed by atoms with Crippen LogP contribution in [0, 0.1) is 19.7 Å². The van der Waals surface area contributed by atoms with Crippen molar-refractivity contribution in [2.75, 3.05) is 12.0 Å². The third-order valence-corrected chi connectivity index (χ3v) is 4.49. The maximum Gasteiger partial charge on any atom is 0.377 e. The first-order chi connectivity index (χ1) is 13.8. The van der Waals surface area contributed by atoms with Gasteiger partial charge in [-0.05, 0) is 67.4 Å². The van der Waals surface area contributed by atoms with Crippen molar-refractivity contribution in [3.8, 4) is 11.4 Å². The van der Waals surface area contributed by atoms with Gasteiger partial charge in [-0.15, -0.1) is 4.68 Å². The van der Waals surface area contributed by atoms with Gasteiger partial charge in [-0.3, -0.25) is 4.90 Å². The zero-order valence-corrected chi connectivity index (χ0v) is 16.9. The van der Waals surface area contributed by atoms with E-state index in [-0.39, 0.29) is 17.5 Å². The molecule has 3 rings (SSSR count). The van der Waals surface area contributed by atoms with Gasteiger partial charge in [0.2, 0.25) is 0 Å². The molecule has 29 heavy (non-hydrogen) atoms. The van der Waals surface area contributed by atoms with Crippen LogP contribution in [-0.2, 0) is 0 Å². The second kappa shape index (κ2) is 7.86. The number of rotatable bonds is 4. The van der Waals surface area contributed by atoms with Gasteiger partial charge in [-0.2, -0.15) is 4.68 Å². The number of halogens is 1. The quantitative estimate of drug-likeness (QED) is 0.630. The molecule has 8 nitrogen and oxygen atoms in total. The summed E-state index contributed by atoms with van der Waals surface area (Å²) in [5.74, 6) is -0.622. The van der Waals surface area contributed by atoms with E-state index >= 15 is 0 Å². The molecular formula is C20H22FN5O3. The van der Waals surface area contributed by atoms with E-state index in [0.717, 1.165) is 11.1 Å². The van der Waals surface area contributed by atoms with Crippen LogP contribution < -0.4 is 15.3 Å². The number of nitrogens with zero attached hydrogens (tertiary/aromatic N) is 5. The Hall–Kier alpha value is -3.49. The summed E-state index contributed by atoms with van der Waals surface area (Å²) < 4.78 is 20.8. The maximum absolute atomic E-state index is 14.4. The number of ether oxygens (including phenoxy) is 1. The Labute approximate surface area is 167 Å². The summed E-state index contributed by atoms with van der Waals surface area (Å²) in [5, 5.41) is 7.39. The third kappa shape index (κ3) is 3.63. The lowest BCUT2D eigenvalue weighted by Gasteiger charge is -2.27. The van der Waals surface area contributed by atoms with Crippen molar-refractivity contribution < 1.29 is 13.9 Å². The minimum atomic E-state index is -0.894. The second-order valence-electron chi connectivity index (χ2n) is 6.91. The number of carbonyl (C=O) groups is 1. The molecule has 1 aromatic heterocycles. The summed E-state index contributed by atoms with van der Waals surface area (Å²) >= 11 is 0. The van der Waals surface area contributed by atoms with E-state index in [2.05, 4.69) is 10.4 Å². The third-order valence-electron chi connectivity index (χ3n) is 4.49. The van der Waals surface area contributed by atoms with E-state index in [4.69, 9.17) is 4.74 Å². The molecule has 0 unspecified atom stereocenters. The number of carbonyl (C=O) groups excluding carboxylic acids is 1. The number of benzene rings is 2. The van der Waals surface area contributed by atoms with E-state index in [1.807, 2.05) is 45.9 Å². The summed E-state index contributed by atoms with van der Waals surface area (Å²) in [6.07, 6.45) is 0. The van der Waals surface area contributed by atoms with Gasteiger partial charge in [0.05, 0.1) is 7.11 Å². The maximum atomic E-state index is 14.4. The van der Waals surface area contributed by atoms with Gasteiger partial charge in [0.15, 0.2) is 5.82 Å². The molecule has 1 amide bonds. The highest BCUT2D eigenvalue weighted by Gasteiger charge is 2.27. The van der Waals surface area contributed by atoms with Crippen LogP contribution in [0.5, 0.6) is 5.75 Å². The molecule has 9 heteroatoms. The zero-order chi connectivity index (χ0) is 21.3. The smallest absolute Gasteiger partial charge is 0.377 e. The monoisotopic (exact) mass is 399 g/mol. The van der Waals surface area contributed by atoms with Crippen molar-refractivity contribution in [2.45, 2.75) is 33.7 Å². The Morgan fingerprint density at radius 2 is 1.90 bits per heavy atom. The van der Waals surface area contributed by atoms with E-state index < -0.39 is 17.5 Å². The summed E-state index contributed by atoms with van der Waals surface area (Å²) in [6, 6.07) is 8.86. The second-order valence-corrected chi connectivity index (χ2v) is 6.91. The highest BCUT2D eigenvalue weighted by molar-refractivity contribution is 5.94. The molecule has 1 heterocycles. The van der Waals surface area contributed by atoms with Crippen LogP contribution in [0.3, 0.4) is 0 Å². The molecular weight excluding hydrogens is 377 g/mol. The van der Waals surface area contributed by atoms with E-state index in [1.54, 1.807) is 0 Å². The minimum absolute atomic E-state index is 0.0989. The van der Waals surface area contributed by atoms with Crippen LogP contribution in [0.4, 0.5) is 14.9 Å². The molecule has 3 aromatic rings. The molecule has 0 aliphatic carbocycles. The van der Waals surface area contributed by atoms with Gasteiger partial charge < -0.3 is 4.74 Å². The Balaban J connectivity index is 2.11. The molecule has 2 aromatic carbocycles. The van der Waals surface area contributed by atoms with Crippen molar-refractivity contribution in [3.05, 3.63) is 63.8 Å². The molecule has 152 valence electrons. The summed E-state index contributed by atoms with van der Waals surface area (Å²) in [5.41, 5.74) is 1.40. The van der Waals surface area contributed by atoms with Crippen LogP contribution in [0.25, 0.3) is 5.69 Å². The largest absolute Gasteiger partial charge is 0.494 e. The van der Waals surface area contributed by atoms with Crippen LogP contribution in [0.15, 0.2) is 41.2 Å². The fourth-order valence-electron chi connectivity index (χ4n) is 3.06. The molecule has 0 aliphatic rings. The first-order valence-corrected chi connectivity index (χ1v) is 9.05. The number of amides is 1. The van der Waals surface area contributed by atoms with E-state index in [1.165, 1.54) is 30.2 Å². The minimum Gasteiger partial charge on any atom is -0.494 e. The predicted molar refractivity (Wildman–Crippen MR) is 106 cm³/mol. The van der Waals surface area contributed by atoms with Crippen LogP contribution in [0.1, 0.15) is 25.0 Å². The number of hydrogen-bond acceptors (Lipinski definition) is 5. The summed E-state index contributed by atoms with van der Waals surface area (Å²) in [4.78, 5) is 27.5. The molecule has 0 aliphatic heterocycles. The van der Waals surface area contributed by atoms with Crippen LogP contribution >= 0.6 is 0 Å². The topological polar surface area (TPSA) is 82.2 Å². The van der Waals surface area contributed by atoms with Crippen molar-refractivity contribution in [3.63, 3.8) is 0 Å². The number of aromatic nitrogens is 4. The molecule has 0 saturated heterocycles. The zero-order valence-electron chi connectivity index (χ0n) is 16.9. The van der Waals surface area contributed by atoms with Crippen molar-refractivity contribution in [1.82, 2.24) is 19.8 Å².